The van der Waals surface area contributed by atoms with Gasteiger partial charge in [0.2, 0.25) is 0 Å². The fraction of sp³-hybridized carbons (Fsp3) is 0.444. The summed E-state index contributed by atoms with van der Waals surface area (Å²) in [7, 11) is 1.71. The molecule has 1 aliphatic heterocycles. The van der Waals surface area contributed by atoms with E-state index in [4.69, 9.17) is 4.74 Å². The van der Waals surface area contributed by atoms with Crippen LogP contribution < -0.4 is 10.4 Å². The SMILES string of the molecule is CCOc1ccc2c(c1)cc(CN1CCSCC1)c1nn(C)c(=O)n12. The minimum Gasteiger partial charge on any atom is -0.494 e. The minimum atomic E-state index is -0.111. The quantitative estimate of drug-likeness (QED) is 0.715. The first kappa shape index (κ1) is 16.5. The van der Waals surface area contributed by atoms with Gasteiger partial charge in [0.25, 0.3) is 0 Å². The van der Waals surface area contributed by atoms with Crippen molar-refractivity contribution in [2.75, 3.05) is 31.2 Å². The van der Waals surface area contributed by atoms with Gasteiger partial charge in [-0.25, -0.2) is 13.9 Å². The van der Waals surface area contributed by atoms with E-state index in [2.05, 4.69) is 16.1 Å². The van der Waals surface area contributed by atoms with Crippen LogP contribution in [0.4, 0.5) is 0 Å². The molecule has 0 aliphatic carbocycles. The Bertz CT molecular complexity index is 973. The number of nitrogens with zero attached hydrogens (tertiary/aromatic N) is 4. The van der Waals surface area contributed by atoms with Crippen LogP contribution in [0.25, 0.3) is 16.6 Å². The average molecular weight is 358 g/mol. The van der Waals surface area contributed by atoms with E-state index in [-0.39, 0.29) is 5.69 Å². The van der Waals surface area contributed by atoms with E-state index >= 15 is 0 Å². The molecule has 0 radical (unpaired) electrons. The van der Waals surface area contributed by atoms with E-state index in [1.165, 1.54) is 4.68 Å². The molecule has 0 bridgehead atoms. The first-order valence-corrected chi connectivity index (χ1v) is 9.77. The van der Waals surface area contributed by atoms with E-state index in [1.54, 1.807) is 11.4 Å². The van der Waals surface area contributed by atoms with E-state index < -0.39 is 0 Å². The zero-order valence-electron chi connectivity index (χ0n) is 14.6. The van der Waals surface area contributed by atoms with Gasteiger partial charge in [-0.3, -0.25) is 4.90 Å². The molecule has 0 unspecified atom stereocenters. The van der Waals surface area contributed by atoms with Gasteiger partial charge in [-0.05, 0) is 31.2 Å². The summed E-state index contributed by atoms with van der Waals surface area (Å²) in [5.41, 5.74) is 2.60. The van der Waals surface area contributed by atoms with Gasteiger partial charge in [0.15, 0.2) is 5.65 Å². The zero-order chi connectivity index (χ0) is 17.4. The number of hydrogen-bond acceptors (Lipinski definition) is 5. The van der Waals surface area contributed by atoms with Crippen LogP contribution in [-0.2, 0) is 13.6 Å². The summed E-state index contributed by atoms with van der Waals surface area (Å²) >= 11 is 2.00. The highest BCUT2D eigenvalue weighted by molar-refractivity contribution is 7.99. The van der Waals surface area contributed by atoms with Crippen molar-refractivity contribution >= 4 is 28.3 Å². The van der Waals surface area contributed by atoms with Gasteiger partial charge >= 0.3 is 5.69 Å². The number of fused-ring (bicyclic) bond motifs is 3. The van der Waals surface area contributed by atoms with Gasteiger partial charge in [-0.2, -0.15) is 11.8 Å². The summed E-state index contributed by atoms with van der Waals surface area (Å²) in [6.07, 6.45) is 0. The molecule has 1 saturated heterocycles. The first-order valence-electron chi connectivity index (χ1n) is 8.61. The molecule has 4 rings (SSSR count). The van der Waals surface area contributed by atoms with Crippen molar-refractivity contribution in [3.8, 4) is 5.75 Å². The summed E-state index contributed by atoms with van der Waals surface area (Å²) in [4.78, 5) is 15.0. The lowest BCUT2D eigenvalue weighted by atomic mass is 10.1. The second kappa shape index (κ2) is 6.72. The monoisotopic (exact) mass is 358 g/mol. The van der Waals surface area contributed by atoms with Crippen LogP contribution in [0.3, 0.4) is 0 Å². The summed E-state index contributed by atoms with van der Waals surface area (Å²) < 4.78 is 8.77. The molecule has 132 valence electrons. The van der Waals surface area contributed by atoms with Gasteiger partial charge in [0, 0.05) is 49.1 Å². The molecule has 2 aromatic heterocycles. The van der Waals surface area contributed by atoms with Gasteiger partial charge in [-0.15, -0.1) is 5.10 Å². The molecule has 0 N–H and O–H groups in total. The first-order chi connectivity index (χ1) is 12.2. The number of benzene rings is 1. The third-order valence-corrected chi connectivity index (χ3v) is 5.53. The average Bonchev–Trinajstić information content (AvgIpc) is 2.92. The maximum absolute atomic E-state index is 12.6. The highest BCUT2D eigenvalue weighted by atomic mass is 32.2. The molecule has 1 aromatic carbocycles. The molecule has 0 amide bonds. The van der Waals surface area contributed by atoms with Crippen LogP contribution in [0, 0.1) is 0 Å². The van der Waals surface area contributed by atoms with Crippen LogP contribution in [0.2, 0.25) is 0 Å². The maximum Gasteiger partial charge on any atom is 0.350 e. The molecule has 25 heavy (non-hydrogen) atoms. The lowest BCUT2D eigenvalue weighted by Gasteiger charge is -2.26. The van der Waals surface area contributed by atoms with Crippen molar-refractivity contribution in [1.82, 2.24) is 19.1 Å². The molecular formula is C18H22N4O2S. The Morgan fingerprint density at radius 1 is 1.24 bits per heavy atom. The molecule has 0 spiro atoms. The Labute approximate surface area is 150 Å². The standard InChI is InChI=1S/C18H22N4O2S/c1-3-24-15-4-5-16-13(11-15)10-14(12-21-6-8-25-9-7-21)17-19-20(2)18(23)22(16)17/h4-5,10-11H,3,6-9,12H2,1-2H3. The van der Waals surface area contributed by atoms with Crippen LogP contribution in [0.15, 0.2) is 29.1 Å². The Kier molecular flexibility index (Phi) is 4.43. The molecule has 7 heteroatoms. The van der Waals surface area contributed by atoms with Gasteiger partial charge < -0.3 is 4.74 Å². The van der Waals surface area contributed by atoms with E-state index in [9.17, 15) is 4.79 Å². The topological polar surface area (TPSA) is 51.8 Å². The lowest BCUT2D eigenvalue weighted by molar-refractivity contribution is 0.295. The van der Waals surface area contributed by atoms with Gasteiger partial charge in [0.1, 0.15) is 5.75 Å². The van der Waals surface area contributed by atoms with E-state index in [1.807, 2.05) is 36.9 Å². The Morgan fingerprint density at radius 2 is 2.04 bits per heavy atom. The Hall–Kier alpha value is -1.99. The number of hydrogen-bond donors (Lipinski definition) is 0. The molecule has 0 saturated carbocycles. The number of aryl methyl sites for hydroxylation is 1. The summed E-state index contributed by atoms with van der Waals surface area (Å²) in [6.45, 7) is 5.56. The van der Waals surface area contributed by atoms with E-state index in [0.29, 0.717) is 6.61 Å². The molecule has 3 heterocycles. The number of aromatic nitrogens is 3. The minimum absolute atomic E-state index is 0.111. The Morgan fingerprint density at radius 3 is 2.80 bits per heavy atom. The molecule has 3 aromatic rings. The number of thioether (sulfide) groups is 1. The maximum atomic E-state index is 12.6. The summed E-state index contributed by atoms with van der Waals surface area (Å²) in [5, 5.41) is 5.50. The molecule has 1 fully saturated rings. The normalized spacial score (nSPS) is 15.9. The molecular weight excluding hydrogens is 336 g/mol. The van der Waals surface area contributed by atoms with Crippen molar-refractivity contribution < 1.29 is 4.74 Å². The predicted octanol–water partition coefficient (Wildman–Crippen LogP) is 2.13. The second-order valence-electron chi connectivity index (χ2n) is 6.28. The van der Waals surface area contributed by atoms with Crippen molar-refractivity contribution in [1.29, 1.82) is 0 Å². The highest BCUT2D eigenvalue weighted by Gasteiger charge is 2.17. The van der Waals surface area contributed by atoms with Crippen LogP contribution in [-0.4, -0.2) is 50.3 Å². The fourth-order valence-corrected chi connectivity index (χ4v) is 4.35. The third-order valence-electron chi connectivity index (χ3n) is 4.59. The fourth-order valence-electron chi connectivity index (χ4n) is 3.37. The van der Waals surface area contributed by atoms with Crippen LogP contribution in [0.5, 0.6) is 5.75 Å². The van der Waals surface area contributed by atoms with Crippen molar-refractivity contribution in [3.63, 3.8) is 0 Å². The lowest BCUT2D eigenvalue weighted by Crippen LogP contribution is -2.32. The molecule has 0 atom stereocenters. The number of pyridine rings is 1. The number of ether oxygens (including phenoxy) is 1. The smallest absolute Gasteiger partial charge is 0.350 e. The van der Waals surface area contributed by atoms with Crippen molar-refractivity contribution in [2.24, 2.45) is 7.05 Å². The van der Waals surface area contributed by atoms with Crippen LogP contribution >= 0.6 is 11.8 Å². The van der Waals surface area contributed by atoms with Gasteiger partial charge in [-0.1, -0.05) is 0 Å². The largest absolute Gasteiger partial charge is 0.494 e. The number of rotatable bonds is 4. The second-order valence-corrected chi connectivity index (χ2v) is 7.50. The van der Waals surface area contributed by atoms with Crippen molar-refractivity contribution in [3.05, 3.63) is 40.3 Å². The predicted molar refractivity (Wildman–Crippen MR) is 102 cm³/mol. The van der Waals surface area contributed by atoms with Crippen LogP contribution in [0.1, 0.15) is 12.5 Å². The Balaban J connectivity index is 1.89. The van der Waals surface area contributed by atoms with Crippen molar-refractivity contribution in [2.45, 2.75) is 13.5 Å². The third kappa shape index (κ3) is 3.02. The zero-order valence-corrected chi connectivity index (χ0v) is 15.4. The van der Waals surface area contributed by atoms with Gasteiger partial charge in [0.05, 0.1) is 12.1 Å². The molecule has 6 nitrogen and oxygen atoms in total. The highest BCUT2D eigenvalue weighted by Crippen LogP contribution is 2.25. The summed E-state index contributed by atoms with van der Waals surface area (Å²) in [5.74, 6) is 3.15. The molecule has 1 aliphatic rings. The summed E-state index contributed by atoms with van der Waals surface area (Å²) in [6, 6.07) is 8.01. The van der Waals surface area contributed by atoms with E-state index in [0.717, 1.165) is 59.0 Å².